The average Bonchev–Trinajstić information content (AvgIpc) is 2.57. The third-order valence-electron chi connectivity index (χ3n) is 3.97. The lowest BCUT2D eigenvalue weighted by Gasteiger charge is -2.30. The normalized spacial score (nSPS) is 20.2. The first-order valence-electron chi connectivity index (χ1n) is 7.70. The van der Waals surface area contributed by atoms with Crippen LogP contribution < -0.4 is 15.5 Å². The van der Waals surface area contributed by atoms with Gasteiger partial charge >= 0.3 is 5.97 Å². The summed E-state index contributed by atoms with van der Waals surface area (Å²) in [6.45, 7) is 1.48. The highest BCUT2D eigenvalue weighted by Crippen LogP contribution is 2.14. The topological polar surface area (TPSA) is 88.9 Å². The Morgan fingerprint density at radius 3 is 2.88 bits per heavy atom. The van der Waals surface area contributed by atoms with Crippen molar-refractivity contribution in [1.82, 2.24) is 10.6 Å². The third-order valence-corrected chi connectivity index (χ3v) is 4.34. The molecule has 1 unspecified atom stereocenters. The standard InChI is InChI=1S/C16H20ClN3O4/c1-24-15(22)8-13-16(23)18-6-7-20(13)10-14(21)19-9-11-4-2-3-5-12(11)17/h2-5,13H,6-10H2,1H3,(H,18,23)(H,19,21)/p+1/t13-/m1/s1. The van der Waals surface area contributed by atoms with Crippen molar-refractivity contribution in [2.45, 2.75) is 19.0 Å². The number of halogens is 1. The SMILES string of the molecule is COC(=O)C[C@@H]1C(=O)NCC[NH+]1CC(=O)NCc1ccccc1Cl. The van der Waals surface area contributed by atoms with E-state index in [0.717, 1.165) is 10.5 Å². The lowest BCUT2D eigenvalue weighted by atomic mass is 10.1. The van der Waals surface area contributed by atoms with Crippen molar-refractivity contribution >= 4 is 29.4 Å². The molecular weight excluding hydrogens is 334 g/mol. The molecule has 1 aromatic rings. The second-order valence-corrected chi connectivity index (χ2v) is 5.98. The highest BCUT2D eigenvalue weighted by molar-refractivity contribution is 6.31. The molecule has 130 valence electrons. The highest BCUT2D eigenvalue weighted by atomic mass is 35.5. The largest absolute Gasteiger partial charge is 0.469 e. The molecule has 2 rings (SSSR count). The number of nitrogens with one attached hydrogen (secondary N) is 3. The first-order chi connectivity index (χ1) is 11.5. The van der Waals surface area contributed by atoms with Gasteiger partial charge in [-0.2, -0.15) is 0 Å². The van der Waals surface area contributed by atoms with E-state index in [1.165, 1.54) is 7.11 Å². The summed E-state index contributed by atoms with van der Waals surface area (Å²) < 4.78 is 4.63. The number of methoxy groups -OCH3 is 1. The fraction of sp³-hybridized carbons (Fsp3) is 0.438. The van der Waals surface area contributed by atoms with Gasteiger partial charge in [0.2, 0.25) is 0 Å². The number of carbonyl (C=O) groups is 3. The Morgan fingerprint density at radius 1 is 1.42 bits per heavy atom. The molecule has 1 fully saturated rings. The number of hydrogen-bond donors (Lipinski definition) is 3. The van der Waals surface area contributed by atoms with Crippen molar-refractivity contribution in [2.75, 3.05) is 26.7 Å². The van der Waals surface area contributed by atoms with Gasteiger partial charge in [0, 0.05) is 11.6 Å². The third kappa shape index (κ3) is 4.94. The first kappa shape index (κ1) is 18.2. The Morgan fingerprint density at radius 2 is 2.17 bits per heavy atom. The molecule has 0 bridgehead atoms. The van der Waals surface area contributed by atoms with E-state index in [-0.39, 0.29) is 24.8 Å². The second kappa shape index (κ2) is 8.65. The summed E-state index contributed by atoms with van der Waals surface area (Å²) in [6, 6.07) is 6.65. The van der Waals surface area contributed by atoms with Crippen molar-refractivity contribution in [3.63, 3.8) is 0 Å². The quantitative estimate of drug-likeness (QED) is 0.566. The fourth-order valence-corrected chi connectivity index (χ4v) is 2.83. The van der Waals surface area contributed by atoms with Gasteiger partial charge in [0.25, 0.3) is 11.8 Å². The van der Waals surface area contributed by atoms with Crippen LogP contribution in [0, 0.1) is 0 Å². The molecule has 0 radical (unpaired) electrons. The van der Waals surface area contributed by atoms with E-state index in [0.29, 0.717) is 24.7 Å². The smallest absolute Gasteiger partial charge is 0.312 e. The average molecular weight is 355 g/mol. The van der Waals surface area contributed by atoms with Crippen LogP contribution >= 0.6 is 11.6 Å². The molecule has 1 heterocycles. The Balaban J connectivity index is 1.91. The number of quaternary nitrogens is 1. The molecular formula is C16H21ClN3O4+. The maximum atomic E-state index is 12.2. The molecule has 8 heteroatoms. The molecule has 3 N–H and O–H groups in total. The maximum absolute atomic E-state index is 12.2. The van der Waals surface area contributed by atoms with Gasteiger partial charge in [0.15, 0.2) is 12.6 Å². The summed E-state index contributed by atoms with van der Waals surface area (Å²) in [5.41, 5.74) is 0.824. The van der Waals surface area contributed by atoms with E-state index in [9.17, 15) is 14.4 Å². The number of ether oxygens (including phenoxy) is 1. The van der Waals surface area contributed by atoms with Gasteiger partial charge in [-0.05, 0) is 11.6 Å². The van der Waals surface area contributed by atoms with Crippen LogP contribution in [-0.4, -0.2) is 50.6 Å². The van der Waals surface area contributed by atoms with Crippen LogP contribution in [0.3, 0.4) is 0 Å². The zero-order chi connectivity index (χ0) is 17.5. The Kier molecular flexibility index (Phi) is 6.57. The van der Waals surface area contributed by atoms with Crippen LogP contribution in [0.5, 0.6) is 0 Å². The van der Waals surface area contributed by atoms with E-state index < -0.39 is 12.0 Å². The molecule has 0 aromatic heterocycles. The van der Waals surface area contributed by atoms with Gasteiger partial charge in [0.05, 0.1) is 20.2 Å². The number of rotatable bonds is 6. The van der Waals surface area contributed by atoms with Crippen molar-refractivity contribution < 1.29 is 24.0 Å². The van der Waals surface area contributed by atoms with Crippen LogP contribution in [0.25, 0.3) is 0 Å². The maximum Gasteiger partial charge on any atom is 0.312 e. The minimum Gasteiger partial charge on any atom is -0.469 e. The number of hydrogen-bond acceptors (Lipinski definition) is 4. The van der Waals surface area contributed by atoms with Gasteiger partial charge < -0.3 is 20.3 Å². The molecule has 2 atom stereocenters. The van der Waals surface area contributed by atoms with E-state index in [1.54, 1.807) is 6.07 Å². The summed E-state index contributed by atoms with van der Waals surface area (Å²) in [6.07, 6.45) is -0.0462. The molecule has 7 nitrogen and oxygen atoms in total. The molecule has 0 spiro atoms. The lowest BCUT2D eigenvalue weighted by Crippen LogP contribution is -3.20. The van der Waals surface area contributed by atoms with Crippen molar-refractivity contribution in [3.8, 4) is 0 Å². The van der Waals surface area contributed by atoms with Crippen LogP contribution in [0.1, 0.15) is 12.0 Å². The number of benzene rings is 1. The van der Waals surface area contributed by atoms with Gasteiger partial charge in [-0.15, -0.1) is 0 Å². The number of piperazine rings is 1. The van der Waals surface area contributed by atoms with E-state index in [1.807, 2.05) is 18.2 Å². The molecule has 0 saturated carbocycles. The molecule has 1 aromatic carbocycles. The van der Waals surface area contributed by atoms with E-state index in [2.05, 4.69) is 15.4 Å². The summed E-state index contributed by atoms with van der Waals surface area (Å²) in [4.78, 5) is 36.4. The van der Waals surface area contributed by atoms with Crippen LogP contribution in [0.2, 0.25) is 5.02 Å². The van der Waals surface area contributed by atoms with Gasteiger partial charge in [-0.25, -0.2) is 0 Å². The van der Waals surface area contributed by atoms with Crippen LogP contribution in [0.15, 0.2) is 24.3 Å². The monoisotopic (exact) mass is 354 g/mol. The summed E-state index contributed by atoms with van der Waals surface area (Å²) in [5.74, 6) is -0.902. The zero-order valence-electron chi connectivity index (χ0n) is 13.4. The number of amides is 2. The Hall–Kier alpha value is -2.12. The van der Waals surface area contributed by atoms with E-state index >= 15 is 0 Å². The van der Waals surface area contributed by atoms with Crippen LogP contribution in [-0.2, 0) is 25.7 Å². The number of carbonyl (C=O) groups excluding carboxylic acids is 3. The van der Waals surface area contributed by atoms with Gasteiger partial charge in [-0.3, -0.25) is 14.4 Å². The van der Waals surface area contributed by atoms with Gasteiger partial charge in [-0.1, -0.05) is 29.8 Å². The predicted molar refractivity (Wildman–Crippen MR) is 87.4 cm³/mol. The molecule has 1 saturated heterocycles. The molecule has 24 heavy (non-hydrogen) atoms. The second-order valence-electron chi connectivity index (χ2n) is 5.58. The van der Waals surface area contributed by atoms with Crippen LogP contribution in [0.4, 0.5) is 0 Å². The highest BCUT2D eigenvalue weighted by Gasteiger charge is 2.36. The van der Waals surface area contributed by atoms with Gasteiger partial charge in [0.1, 0.15) is 6.42 Å². The Labute approximate surface area is 145 Å². The van der Waals surface area contributed by atoms with Crippen molar-refractivity contribution in [1.29, 1.82) is 0 Å². The fourth-order valence-electron chi connectivity index (χ4n) is 2.63. The molecule has 1 aliphatic rings. The molecule has 1 aliphatic heterocycles. The minimum absolute atomic E-state index is 0.0462. The minimum atomic E-state index is -0.614. The molecule has 0 aliphatic carbocycles. The lowest BCUT2D eigenvalue weighted by molar-refractivity contribution is -0.909. The van der Waals surface area contributed by atoms with E-state index in [4.69, 9.17) is 11.6 Å². The first-order valence-corrected chi connectivity index (χ1v) is 8.08. The zero-order valence-corrected chi connectivity index (χ0v) is 14.2. The number of esters is 1. The van der Waals surface area contributed by atoms with Crippen molar-refractivity contribution in [2.24, 2.45) is 0 Å². The summed E-state index contributed by atoms with van der Waals surface area (Å²) in [5, 5.41) is 6.10. The predicted octanol–water partition coefficient (Wildman–Crippen LogP) is -1.10. The molecule has 2 amide bonds. The summed E-state index contributed by atoms with van der Waals surface area (Å²) >= 11 is 6.05. The van der Waals surface area contributed by atoms with Crippen molar-refractivity contribution in [3.05, 3.63) is 34.9 Å². The summed E-state index contributed by atoms with van der Waals surface area (Å²) in [7, 11) is 1.28. The Bertz CT molecular complexity index is 623.